The summed E-state index contributed by atoms with van der Waals surface area (Å²) in [6, 6.07) is 1.92. The normalized spacial score (nSPS) is 17.5. The van der Waals surface area contributed by atoms with Gasteiger partial charge < -0.3 is 11.1 Å². The molecule has 0 atom stereocenters. The van der Waals surface area contributed by atoms with Gasteiger partial charge in [0.25, 0.3) is 0 Å². The maximum atomic E-state index is 5.58. The second-order valence-electron chi connectivity index (χ2n) is 3.99. The van der Waals surface area contributed by atoms with Gasteiger partial charge in [0.05, 0.1) is 0 Å². The van der Waals surface area contributed by atoms with Gasteiger partial charge in [0.1, 0.15) is 5.82 Å². The van der Waals surface area contributed by atoms with Gasteiger partial charge in [-0.05, 0) is 26.0 Å². The van der Waals surface area contributed by atoms with Gasteiger partial charge in [0, 0.05) is 23.1 Å². The van der Waals surface area contributed by atoms with Crippen molar-refractivity contribution < 1.29 is 0 Å². The van der Waals surface area contributed by atoms with Crippen LogP contribution in [0.2, 0.25) is 0 Å². The number of nitrogens with zero attached hydrogens (tertiary/aromatic N) is 2. The molecular formula is C10H16N4S. The van der Waals surface area contributed by atoms with E-state index in [1.807, 2.05) is 24.8 Å². The van der Waals surface area contributed by atoms with Crippen LogP contribution in [-0.2, 0) is 0 Å². The Kier molecular flexibility index (Phi) is 2.73. The maximum absolute atomic E-state index is 5.58. The van der Waals surface area contributed by atoms with Crippen LogP contribution in [0.3, 0.4) is 0 Å². The number of nitrogens with one attached hydrogen (secondary N) is 1. The zero-order valence-corrected chi connectivity index (χ0v) is 9.90. The Morgan fingerprint density at radius 1 is 1.53 bits per heavy atom. The lowest BCUT2D eigenvalue weighted by Gasteiger charge is -2.13. The fourth-order valence-corrected chi connectivity index (χ4v) is 2.25. The highest BCUT2D eigenvalue weighted by molar-refractivity contribution is 8.00. The molecule has 0 aromatic carbocycles. The van der Waals surface area contributed by atoms with Crippen LogP contribution in [-0.4, -0.2) is 27.5 Å². The average molecular weight is 224 g/mol. The molecule has 0 amide bonds. The number of nitrogen functional groups attached to an aromatic ring is 1. The van der Waals surface area contributed by atoms with Crippen LogP contribution in [0.15, 0.2) is 6.07 Å². The number of nitrogens with two attached hydrogens (primary N) is 1. The van der Waals surface area contributed by atoms with Gasteiger partial charge in [-0.2, -0.15) is 16.7 Å². The first-order chi connectivity index (χ1) is 7.13. The van der Waals surface area contributed by atoms with Crippen LogP contribution in [0.25, 0.3) is 0 Å². The van der Waals surface area contributed by atoms with Gasteiger partial charge in [-0.1, -0.05) is 0 Å². The number of anilines is 2. The fourth-order valence-electron chi connectivity index (χ4n) is 1.53. The van der Waals surface area contributed by atoms with Crippen LogP contribution in [0.5, 0.6) is 0 Å². The van der Waals surface area contributed by atoms with Gasteiger partial charge in [0.15, 0.2) is 0 Å². The van der Waals surface area contributed by atoms with Crippen molar-refractivity contribution in [2.45, 2.75) is 24.5 Å². The second-order valence-corrected chi connectivity index (χ2v) is 5.27. The first-order valence-electron chi connectivity index (χ1n) is 5.04. The molecule has 1 fully saturated rings. The summed E-state index contributed by atoms with van der Waals surface area (Å²) in [5.41, 5.74) is 6.48. The van der Waals surface area contributed by atoms with Crippen molar-refractivity contribution in [3.05, 3.63) is 11.8 Å². The van der Waals surface area contributed by atoms with Crippen molar-refractivity contribution in [3.8, 4) is 0 Å². The van der Waals surface area contributed by atoms with Crippen molar-refractivity contribution in [1.82, 2.24) is 9.97 Å². The van der Waals surface area contributed by atoms with Gasteiger partial charge in [-0.25, -0.2) is 4.98 Å². The molecule has 1 aromatic heterocycles. The summed E-state index contributed by atoms with van der Waals surface area (Å²) < 4.78 is 0.438. The molecule has 0 spiro atoms. The Morgan fingerprint density at radius 2 is 2.27 bits per heavy atom. The molecule has 1 saturated carbocycles. The molecule has 1 aliphatic carbocycles. The van der Waals surface area contributed by atoms with Gasteiger partial charge in [-0.15, -0.1) is 0 Å². The third-order valence-electron chi connectivity index (χ3n) is 2.70. The number of aryl methyl sites for hydroxylation is 1. The number of thioether (sulfide) groups is 1. The van der Waals surface area contributed by atoms with Crippen molar-refractivity contribution in [2.24, 2.45) is 0 Å². The van der Waals surface area contributed by atoms with E-state index in [0.29, 0.717) is 10.7 Å². The maximum Gasteiger partial charge on any atom is 0.222 e. The van der Waals surface area contributed by atoms with Crippen LogP contribution < -0.4 is 11.1 Å². The van der Waals surface area contributed by atoms with E-state index in [2.05, 4.69) is 21.5 Å². The van der Waals surface area contributed by atoms with Crippen molar-refractivity contribution in [1.29, 1.82) is 0 Å². The summed E-state index contributed by atoms with van der Waals surface area (Å²) in [6.07, 6.45) is 4.75. The fraction of sp³-hybridized carbons (Fsp3) is 0.600. The molecule has 0 aliphatic heterocycles. The monoisotopic (exact) mass is 224 g/mol. The topological polar surface area (TPSA) is 63.8 Å². The molecule has 2 rings (SSSR count). The minimum atomic E-state index is 0.339. The van der Waals surface area contributed by atoms with E-state index >= 15 is 0 Å². The molecule has 1 aromatic rings. The van der Waals surface area contributed by atoms with E-state index < -0.39 is 0 Å². The zero-order chi connectivity index (χ0) is 10.9. The van der Waals surface area contributed by atoms with Crippen LogP contribution in [0, 0.1) is 6.92 Å². The third kappa shape index (κ3) is 2.53. The molecule has 15 heavy (non-hydrogen) atoms. The zero-order valence-electron chi connectivity index (χ0n) is 9.08. The molecule has 3 N–H and O–H groups in total. The molecule has 1 heterocycles. The Hall–Kier alpha value is -0.970. The summed E-state index contributed by atoms with van der Waals surface area (Å²) in [5.74, 6) is 1.17. The average Bonchev–Trinajstić information content (AvgIpc) is 2.94. The van der Waals surface area contributed by atoms with Crippen LogP contribution in [0.1, 0.15) is 18.5 Å². The lowest BCUT2D eigenvalue weighted by molar-refractivity contribution is 0.936. The van der Waals surface area contributed by atoms with Crippen molar-refractivity contribution in [3.63, 3.8) is 0 Å². The Labute approximate surface area is 94.1 Å². The van der Waals surface area contributed by atoms with E-state index in [4.69, 9.17) is 5.73 Å². The summed E-state index contributed by atoms with van der Waals surface area (Å²) in [4.78, 5) is 8.18. The first kappa shape index (κ1) is 10.5. The summed E-state index contributed by atoms with van der Waals surface area (Å²) in [6.45, 7) is 2.88. The Bertz CT molecular complexity index is 342. The summed E-state index contributed by atoms with van der Waals surface area (Å²) in [7, 11) is 0. The highest BCUT2D eigenvalue weighted by Gasteiger charge is 2.41. The molecular weight excluding hydrogens is 208 g/mol. The van der Waals surface area contributed by atoms with Crippen molar-refractivity contribution in [2.75, 3.05) is 23.9 Å². The van der Waals surface area contributed by atoms with Gasteiger partial charge >= 0.3 is 0 Å². The number of aromatic nitrogens is 2. The smallest absolute Gasteiger partial charge is 0.222 e. The van der Waals surface area contributed by atoms with E-state index in [0.717, 1.165) is 18.1 Å². The first-order valence-corrected chi connectivity index (χ1v) is 6.26. The summed E-state index contributed by atoms with van der Waals surface area (Å²) in [5, 5.41) is 3.33. The predicted molar refractivity (Wildman–Crippen MR) is 65.2 cm³/mol. The van der Waals surface area contributed by atoms with Crippen molar-refractivity contribution >= 4 is 23.5 Å². The van der Waals surface area contributed by atoms with E-state index in [9.17, 15) is 0 Å². The number of hydrogen-bond donors (Lipinski definition) is 2. The Balaban J connectivity index is 1.99. The van der Waals surface area contributed by atoms with Crippen LogP contribution in [0.4, 0.5) is 11.8 Å². The SMILES string of the molecule is CSC1(CNc2cc(C)nc(N)n2)CC1. The van der Waals surface area contributed by atoms with Gasteiger partial charge in [-0.3, -0.25) is 0 Å². The lowest BCUT2D eigenvalue weighted by Crippen LogP contribution is -2.18. The van der Waals surface area contributed by atoms with E-state index in [-0.39, 0.29) is 0 Å². The van der Waals surface area contributed by atoms with E-state index in [1.54, 1.807) is 0 Å². The Morgan fingerprint density at radius 3 is 2.80 bits per heavy atom. The third-order valence-corrected chi connectivity index (χ3v) is 4.12. The molecule has 82 valence electrons. The quantitative estimate of drug-likeness (QED) is 0.814. The standard InChI is InChI=1S/C10H16N4S/c1-7-5-8(14-9(11)13-7)12-6-10(15-2)3-4-10/h5H,3-4,6H2,1-2H3,(H3,11,12,13,14). The largest absolute Gasteiger partial charge is 0.369 e. The molecule has 0 radical (unpaired) electrons. The second kappa shape index (κ2) is 3.89. The van der Waals surface area contributed by atoms with Crippen LogP contribution >= 0.6 is 11.8 Å². The molecule has 1 aliphatic rings. The number of hydrogen-bond acceptors (Lipinski definition) is 5. The minimum absolute atomic E-state index is 0.339. The highest BCUT2D eigenvalue weighted by Crippen LogP contribution is 2.46. The summed E-state index contributed by atoms with van der Waals surface area (Å²) >= 11 is 1.93. The van der Waals surface area contributed by atoms with E-state index in [1.165, 1.54) is 12.8 Å². The molecule has 0 unspecified atom stereocenters. The minimum Gasteiger partial charge on any atom is -0.369 e. The molecule has 5 heteroatoms. The molecule has 4 nitrogen and oxygen atoms in total. The molecule has 0 bridgehead atoms. The molecule has 0 saturated heterocycles. The number of rotatable bonds is 4. The lowest BCUT2D eigenvalue weighted by atomic mass is 10.4. The highest BCUT2D eigenvalue weighted by atomic mass is 32.2. The predicted octanol–water partition coefficient (Wildman–Crippen LogP) is 1.67. The van der Waals surface area contributed by atoms with Gasteiger partial charge in [0.2, 0.25) is 5.95 Å².